The van der Waals surface area contributed by atoms with Gasteiger partial charge in [0.15, 0.2) is 11.9 Å². The van der Waals surface area contributed by atoms with Crippen LogP contribution in [0.4, 0.5) is 11.4 Å². The molecule has 0 spiro atoms. The molecule has 0 aliphatic rings. The Balaban J connectivity index is 1.64. The van der Waals surface area contributed by atoms with Crippen LogP contribution in [0.5, 0.6) is 0 Å². The number of rotatable bonds is 8. The van der Waals surface area contributed by atoms with Gasteiger partial charge in [-0.1, -0.05) is 42.5 Å². The van der Waals surface area contributed by atoms with Crippen LogP contribution in [0, 0.1) is 10.1 Å². The normalized spacial score (nSPS) is 11.3. The van der Waals surface area contributed by atoms with Gasteiger partial charge in [0, 0.05) is 23.3 Å². The van der Waals surface area contributed by atoms with Gasteiger partial charge in [-0.25, -0.2) is 4.79 Å². The number of nitrogens with zero attached hydrogens (tertiary/aromatic N) is 1. The van der Waals surface area contributed by atoms with Gasteiger partial charge >= 0.3 is 5.97 Å². The van der Waals surface area contributed by atoms with Crippen molar-refractivity contribution in [3.63, 3.8) is 0 Å². The van der Waals surface area contributed by atoms with Gasteiger partial charge in [0.25, 0.3) is 11.6 Å². The Morgan fingerprint density at radius 1 is 0.857 bits per heavy atom. The van der Waals surface area contributed by atoms with Crippen LogP contribution in [-0.4, -0.2) is 22.6 Å². The minimum Gasteiger partial charge on any atom is -0.459 e. The number of benzene rings is 3. The molecular formula is C26H18N2O7. The highest BCUT2D eigenvalue weighted by molar-refractivity contribution is 6.07. The Kier molecular flexibility index (Phi) is 6.78. The van der Waals surface area contributed by atoms with Gasteiger partial charge in [-0.2, -0.15) is 0 Å². The van der Waals surface area contributed by atoms with E-state index in [1.54, 1.807) is 48.5 Å². The molecule has 1 heterocycles. The number of esters is 1. The van der Waals surface area contributed by atoms with Crippen LogP contribution < -0.4 is 5.32 Å². The maximum Gasteiger partial charge on any atom is 0.341 e. The molecular weight excluding hydrogens is 452 g/mol. The minimum atomic E-state index is -1.38. The third-order valence-corrected chi connectivity index (χ3v) is 5.07. The summed E-state index contributed by atoms with van der Waals surface area (Å²) < 4.78 is 10.7. The highest BCUT2D eigenvalue weighted by atomic mass is 16.6. The van der Waals surface area contributed by atoms with Crippen LogP contribution >= 0.6 is 0 Å². The first-order chi connectivity index (χ1) is 16.9. The standard InChI is InChI=1S/C26H18N2O7/c29-23(17-7-2-1-3-8-17)24(18-12-14-19(15-13-18)28(32)33)35-26(31)20-9-4-5-10-21(20)27-25(30)22-11-6-16-34-22/h1-16,24H,(H,27,30)/t24-/m0/s1. The first-order valence-corrected chi connectivity index (χ1v) is 10.4. The van der Waals surface area contributed by atoms with Crippen molar-refractivity contribution in [1.29, 1.82) is 0 Å². The van der Waals surface area contributed by atoms with E-state index in [-0.39, 0.29) is 28.3 Å². The lowest BCUT2D eigenvalue weighted by molar-refractivity contribution is -0.384. The van der Waals surface area contributed by atoms with Crippen molar-refractivity contribution < 1.29 is 28.5 Å². The molecule has 0 saturated carbocycles. The lowest BCUT2D eigenvalue weighted by atomic mass is 9.99. The molecule has 0 fully saturated rings. The quantitative estimate of drug-likeness (QED) is 0.162. The lowest BCUT2D eigenvalue weighted by Crippen LogP contribution is -2.22. The Labute approximate surface area is 199 Å². The van der Waals surface area contributed by atoms with Crippen molar-refractivity contribution in [1.82, 2.24) is 0 Å². The Bertz CT molecular complexity index is 1360. The summed E-state index contributed by atoms with van der Waals surface area (Å²) in [6, 6.07) is 22.6. The number of non-ortho nitro benzene ring substituents is 1. The summed E-state index contributed by atoms with van der Waals surface area (Å²) in [6.07, 6.45) is -0.0291. The van der Waals surface area contributed by atoms with E-state index in [4.69, 9.17) is 9.15 Å². The number of carbonyl (C=O) groups excluding carboxylic acids is 3. The molecule has 9 nitrogen and oxygen atoms in total. The van der Waals surface area contributed by atoms with Crippen LogP contribution in [0.25, 0.3) is 0 Å². The van der Waals surface area contributed by atoms with Crippen molar-refractivity contribution in [3.8, 4) is 0 Å². The Morgan fingerprint density at radius 3 is 2.20 bits per heavy atom. The molecule has 0 unspecified atom stereocenters. The maximum atomic E-state index is 13.3. The van der Waals surface area contributed by atoms with Crippen molar-refractivity contribution in [2.75, 3.05) is 5.32 Å². The van der Waals surface area contributed by atoms with Crippen molar-refractivity contribution in [2.45, 2.75) is 6.10 Å². The predicted molar refractivity (Wildman–Crippen MR) is 125 cm³/mol. The molecule has 4 rings (SSSR count). The van der Waals surface area contributed by atoms with Gasteiger partial charge in [-0.15, -0.1) is 0 Å². The topological polar surface area (TPSA) is 129 Å². The molecule has 9 heteroatoms. The number of anilines is 1. The fourth-order valence-electron chi connectivity index (χ4n) is 3.33. The number of para-hydroxylation sites is 1. The fourth-order valence-corrected chi connectivity index (χ4v) is 3.33. The number of Topliss-reactive ketones (excluding diaryl/α,β-unsaturated/α-hetero) is 1. The number of nitro groups is 1. The van der Waals surface area contributed by atoms with Gasteiger partial charge in [-0.3, -0.25) is 19.7 Å². The van der Waals surface area contributed by atoms with E-state index in [0.29, 0.717) is 5.56 Å². The number of ketones is 1. The summed E-state index contributed by atoms with van der Waals surface area (Å²) in [6.45, 7) is 0. The number of nitrogens with one attached hydrogen (secondary N) is 1. The second kappa shape index (κ2) is 10.3. The summed E-state index contributed by atoms with van der Waals surface area (Å²) in [7, 11) is 0. The minimum absolute atomic E-state index is 0.0141. The molecule has 4 aromatic rings. The molecule has 0 saturated heterocycles. The largest absolute Gasteiger partial charge is 0.459 e. The number of carbonyl (C=O) groups is 3. The van der Waals surface area contributed by atoms with E-state index >= 15 is 0 Å². The predicted octanol–water partition coefficient (Wildman–Crippen LogP) is 5.22. The van der Waals surface area contributed by atoms with Gasteiger partial charge in [0.1, 0.15) is 0 Å². The molecule has 1 aromatic heterocycles. The molecule has 0 aliphatic heterocycles. The van der Waals surface area contributed by atoms with E-state index in [0.717, 1.165) is 0 Å². The van der Waals surface area contributed by atoms with Crippen LogP contribution in [0.2, 0.25) is 0 Å². The molecule has 1 N–H and O–H groups in total. The van der Waals surface area contributed by atoms with Crippen molar-refractivity contribution >= 4 is 29.0 Å². The molecule has 0 bridgehead atoms. The zero-order valence-corrected chi connectivity index (χ0v) is 18.1. The smallest absolute Gasteiger partial charge is 0.341 e. The first kappa shape index (κ1) is 23.1. The highest BCUT2D eigenvalue weighted by Crippen LogP contribution is 2.27. The fraction of sp³-hybridized carbons (Fsp3) is 0.0385. The van der Waals surface area contributed by atoms with Crippen LogP contribution in [0.15, 0.2) is 102 Å². The zero-order chi connectivity index (χ0) is 24.8. The molecule has 174 valence electrons. The van der Waals surface area contributed by atoms with Crippen LogP contribution in [0.1, 0.15) is 42.9 Å². The molecule has 0 aliphatic carbocycles. The number of nitro benzene ring substituents is 1. The molecule has 0 radical (unpaired) electrons. The molecule has 3 aromatic carbocycles. The van der Waals surface area contributed by atoms with E-state index < -0.39 is 28.7 Å². The second-order valence-electron chi connectivity index (χ2n) is 7.34. The van der Waals surface area contributed by atoms with Crippen molar-refractivity contribution in [2.24, 2.45) is 0 Å². The summed E-state index contributed by atoms with van der Waals surface area (Å²) in [5.41, 5.74) is 0.559. The van der Waals surface area contributed by atoms with Crippen LogP contribution in [-0.2, 0) is 4.74 Å². The summed E-state index contributed by atoms with van der Waals surface area (Å²) in [4.78, 5) is 49.3. The van der Waals surface area contributed by atoms with Gasteiger partial charge in [0.2, 0.25) is 5.78 Å². The number of amides is 1. The van der Waals surface area contributed by atoms with E-state index in [2.05, 4.69) is 5.32 Å². The summed E-state index contributed by atoms with van der Waals surface area (Å²) >= 11 is 0. The molecule has 1 atom stereocenters. The third-order valence-electron chi connectivity index (χ3n) is 5.07. The van der Waals surface area contributed by atoms with E-state index in [1.165, 1.54) is 48.7 Å². The Morgan fingerprint density at radius 2 is 1.54 bits per heavy atom. The van der Waals surface area contributed by atoms with Gasteiger partial charge < -0.3 is 14.5 Å². The average Bonchev–Trinajstić information content (AvgIpc) is 3.43. The summed E-state index contributed by atoms with van der Waals surface area (Å²) in [5, 5.41) is 13.6. The van der Waals surface area contributed by atoms with Gasteiger partial charge in [-0.05, 0) is 36.4 Å². The second-order valence-corrected chi connectivity index (χ2v) is 7.34. The van der Waals surface area contributed by atoms with Gasteiger partial charge in [0.05, 0.1) is 22.4 Å². The number of furan rings is 1. The number of hydrogen-bond acceptors (Lipinski definition) is 7. The first-order valence-electron chi connectivity index (χ1n) is 10.4. The highest BCUT2D eigenvalue weighted by Gasteiger charge is 2.28. The van der Waals surface area contributed by atoms with Crippen molar-refractivity contribution in [3.05, 3.63) is 130 Å². The molecule has 35 heavy (non-hydrogen) atoms. The maximum absolute atomic E-state index is 13.3. The average molecular weight is 470 g/mol. The monoisotopic (exact) mass is 470 g/mol. The third kappa shape index (κ3) is 5.31. The number of hydrogen-bond donors (Lipinski definition) is 1. The zero-order valence-electron chi connectivity index (χ0n) is 18.1. The molecule has 1 amide bonds. The summed E-state index contributed by atoms with van der Waals surface area (Å²) in [5.74, 6) is -1.89. The van der Waals surface area contributed by atoms with E-state index in [1.807, 2.05) is 0 Å². The number of ether oxygens (including phenoxy) is 1. The van der Waals surface area contributed by atoms with Crippen LogP contribution in [0.3, 0.4) is 0 Å². The Hall–Kier alpha value is -5.05. The lowest BCUT2D eigenvalue weighted by Gasteiger charge is -2.18. The SMILES string of the molecule is O=C(Nc1ccccc1C(=O)O[C@H](C(=O)c1ccccc1)c1ccc([N+](=O)[O-])cc1)c1ccco1. The van der Waals surface area contributed by atoms with E-state index in [9.17, 15) is 24.5 Å².